The maximum absolute atomic E-state index is 13.0. The molecule has 15 heavy (non-hydrogen) atoms. The molecule has 6 heteroatoms. The maximum Gasteiger partial charge on any atom is 0.133 e. The fourth-order valence-electron chi connectivity index (χ4n) is 1.17. The van der Waals surface area contributed by atoms with E-state index in [0.29, 0.717) is 12.1 Å². The third-order valence-electron chi connectivity index (χ3n) is 1.83. The van der Waals surface area contributed by atoms with Crippen LogP contribution in [0.25, 0.3) is 0 Å². The first-order chi connectivity index (χ1) is 6.56. The Hall–Kier alpha value is -0.810. The first-order valence-corrected chi connectivity index (χ1v) is 4.02. The number of rotatable bonds is 3. The molecule has 1 rings (SSSR count). The topological polar surface area (TPSA) is 26.0 Å². The van der Waals surface area contributed by atoms with Gasteiger partial charge < -0.3 is 5.73 Å². The predicted molar refractivity (Wildman–Crippen MR) is 51.1 cm³/mol. The molecule has 1 nitrogen and oxygen atoms in total. The van der Waals surface area contributed by atoms with Crippen LogP contribution in [0.15, 0.2) is 12.1 Å². The van der Waals surface area contributed by atoms with Gasteiger partial charge in [0.1, 0.15) is 17.5 Å². The van der Waals surface area contributed by atoms with Crippen LogP contribution in [0.2, 0.25) is 0 Å². The van der Waals surface area contributed by atoms with Crippen molar-refractivity contribution in [3.8, 4) is 0 Å². The minimum atomic E-state index is -1.08. The highest BCUT2D eigenvalue weighted by Crippen LogP contribution is 2.22. The summed E-state index contributed by atoms with van der Waals surface area (Å²) >= 11 is 0. The monoisotopic (exact) mass is 243 g/mol. The second-order valence-corrected chi connectivity index (χ2v) is 2.87. The molecule has 0 saturated heterocycles. The zero-order chi connectivity index (χ0) is 10.7. The molecule has 0 aromatic heterocycles. The van der Waals surface area contributed by atoms with Crippen LogP contribution in [0.4, 0.5) is 17.6 Å². The Bertz CT molecular complexity index is 309. The fourth-order valence-corrected chi connectivity index (χ4v) is 1.17. The van der Waals surface area contributed by atoms with Crippen molar-refractivity contribution >= 4 is 12.4 Å². The Morgan fingerprint density at radius 1 is 1.13 bits per heavy atom. The second kappa shape index (κ2) is 5.92. The van der Waals surface area contributed by atoms with E-state index in [9.17, 15) is 17.6 Å². The molecule has 0 aliphatic carbocycles. The molecule has 0 unspecified atom stereocenters. The zero-order valence-electron chi connectivity index (χ0n) is 7.64. The van der Waals surface area contributed by atoms with Crippen molar-refractivity contribution in [2.75, 3.05) is 6.67 Å². The summed E-state index contributed by atoms with van der Waals surface area (Å²) in [5.41, 5.74) is 4.85. The molecule has 0 amide bonds. The lowest BCUT2D eigenvalue weighted by molar-refractivity contribution is 0.423. The molecular weight excluding hydrogens is 234 g/mol. The summed E-state index contributed by atoms with van der Waals surface area (Å²) in [6.45, 7) is -0.780. The van der Waals surface area contributed by atoms with Gasteiger partial charge in [0, 0.05) is 23.7 Å². The molecule has 0 aliphatic rings. The first kappa shape index (κ1) is 14.2. The first-order valence-electron chi connectivity index (χ1n) is 4.02. The van der Waals surface area contributed by atoms with E-state index in [1.807, 2.05) is 0 Å². The van der Waals surface area contributed by atoms with Crippen LogP contribution in [-0.2, 0) is 0 Å². The van der Waals surface area contributed by atoms with Gasteiger partial charge >= 0.3 is 0 Å². The summed E-state index contributed by atoms with van der Waals surface area (Å²) in [6, 6.07) is -0.0342. The normalized spacial score (nSPS) is 12.1. The molecular formula is C9H10ClF4N. The third kappa shape index (κ3) is 3.35. The van der Waals surface area contributed by atoms with E-state index in [1.54, 1.807) is 0 Å². The maximum atomic E-state index is 13.0. The summed E-state index contributed by atoms with van der Waals surface area (Å²) in [5.74, 6) is -3.18. The van der Waals surface area contributed by atoms with Crippen LogP contribution in [0.1, 0.15) is 18.0 Å². The zero-order valence-corrected chi connectivity index (χ0v) is 8.46. The number of hydrogen-bond acceptors (Lipinski definition) is 1. The summed E-state index contributed by atoms with van der Waals surface area (Å²) in [4.78, 5) is 0. The predicted octanol–water partition coefficient (Wildman–Crippen LogP) is 2.89. The van der Waals surface area contributed by atoms with Gasteiger partial charge in [0.05, 0.1) is 6.67 Å². The summed E-state index contributed by atoms with van der Waals surface area (Å²) in [7, 11) is 0. The fraction of sp³-hybridized carbons (Fsp3) is 0.333. The van der Waals surface area contributed by atoms with Crippen LogP contribution >= 0.6 is 12.4 Å². The minimum Gasteiger partial charge on any atom is -0.324 e. The van der Waals surface area contributed by atoms with Crippen LogP contribution in [0.3, 0.4) is 0 Å². The van der Waals surface area contributed by atoms with Crippen molar-refractivity contribution in [2.24, 2.45) is 5.73 Å². The lowest BCUT2D eigenvalue weighted by atomic mass is 10.0. The van der Waals surface area contributed by atoms with Gasteiger partial charge in [0.25, 0.3) is 0 Å². The smallest absolute Gasteiger partial charge is 0.133 e. The minimum absolute atomic E-state index is 0. The number of halogens is 5. The van der Waals surface area contributed by atoms with Gasteiger partial charge in [0.2, 0.25) is 0 Å². The van der Waals surface area contributed by atoms with Crippen LogP contribution < -0.4 is 5.73 Å². The Labute approximate surface area is 90.7 Å². The number of benzene rings is 1. The summed E-state index contributed by atoms with van der Waals surface area (Å²) in [6.07, 6.45) is -0.195. The molecule has 86 valence electrons. The van der Waals surface area contributed by atoms with Crippen LogP contribution in [0, 0.1) is 17.5 Å². The molecule has 0 spiro atoms. The third-order valence-corrected chi connectivity index (χ3v) is 1.83. The lowest BCUT2D eigenvalue weighted by Gasteiger charge is -2.11. The summed E-state index contributed by atoms with van der Waals surface area (Å²) < 4.78 is 50.3. The van der Waals surface area contributed by atoms with Gasteiger partial charge in [0.15, 0.2) is 0 Å². The van der Waals surface area contributed by atoms with E-state index in [1.165, 1.54) is 0 Å². The molecule has 1 atom stereocenters. The van der Waals surface area contributed by atoms with Crippen molar-refractivity contribution in [3.05, 3.63) is 35.1 Å². The van der Waals surface area contributed by atoms with E-state index in [0.717, 1.165) is 0 Å². The summed E-state index contributed by atoms with van der Waals surface area (Å²) in [5, 5.41) is 0. The molecule has 0 radical (unpaired) electrons. The van der Waals surface area contributed by atoms with Crippen LogP contribution in [0.5, 0.6) is 0 Å². The van der Waals surface area contributed by atoms with E-state index < -0.39 is 35.7 Å². The van der Waals surface area contributed by atoms with Gasteiger partial charge in [-0.25, -0.2) is 13.2 Å². The molecule has 0 saturated carbocycles. The quantitative estimate of drug-likeness (QED) is 0.812. The van der Waals surface area contributed by atoms with E-state index in [-0.39, 0.29) is 18.8 Å². The van der Waals surface area contributed by atoms with Gasteiger partial charge in [-0.1, -0.05) is 0 Å². The molecule has 0 aliphatic heterocycles. The number of nitrogens with two attached hydrogens (primary N) is 1. The molecule has 1 aromatic carbocycles. The van der Waals surface area contributed by atoms with Gasteiger partial charge in [-0.3, -0.25) is 4.39 Å². The van der Waals surface area contributed by atoms with Gasteiger partial charge in [-0.15, -0.1) is 12.4 Å². The second-order valence-electron chi connectivity index (χ2n) is 2.87. The van der Waals surface area contributed by atoms with E-state index in [2.05, 4.69) is 0 Å². The lowest BCUT2D eigenvalue weighted by Crippen LogP contribution is -2.15. The Morgan fingerprint density at radius 3 is 2.00 bits per heavy atom. The Balaban J connectivity index is 0.00000196. The largest absolute Gasteiger partial charge is 0.324 e. The van der Waals surface area contributed by atoms with Crippen LogP contribution in [-0.4, -0.2) is 6.67 Å². The SMILES string of the molecule is Cl.N[C@H](CCF)c1c(F)cc(F)cc1F. The standard InChI is InChI=1S/C9H9F4N.ClH/c10-2-1-8(14)9-6(12)3-5(11)4-7(9)13;/h3-4,8H,1-2,14H2;1H/t8-;/m1./s1. The molecule has 1 aromatic rings. The van der Waals surface area contributed by atoms with E-state index in [4.69, 9.17) is 5.73 Å². The van der Waals surface area contributed by atoms with Crippen molar-refractivity contribution in [3.63, 3.8) is 0 Å². The molecule has 0 heterocycles. The highest BCUT2D eigenvalue weighted by molar-refractivity contribution is 5.85. The Kier molecular flexibility index (Phi) is 5.60. The molecule has 0 bridgehead atoms. The molecule has 2 N–H and O–H groups in total. The van der Waals surface area contributed by atoms with Gasteiger partial charge in [-0.2, -0.15) is 0 Å². The van der Waals surface area contributed by atoms with Crippen molar-refractivity contribution in [2.45, 2.75) is 12.5 Å². The average molecular weight is 244 g/mol. The molecule has 0 fully saturated rings. The Morgan fingerprint density at radius 2 is 1.60 bits per heavy atom. The van der Waals surface area contributed by atoms with E-state index >= 15 is 0 Å². The number of hydrogen-bond donors (Lipinski definition) is 1. The van der Waals surface area contributed by atoms with Crippen molar-refractivity contribution < 1.29 is 17.6 Å². The van der Waals surface area contributed by atoms with Crippen molar-refractivity contribution in [1.29, 1.82) is 0 Å². The number of alkyl halides is 1. The highest BCUT2D eigenvalue weighted by Gasteiger charge is 2.17. The highest BCUT2D eigenvalue weighted by atomic mass is 35.5. The average Bonchev–Trinajstić information content (AvgIpc) is 2.01. The van der Waals surface area contributed by atoms with Crippen molar-refractivity contribution in [1.82, 2.24) is 0 Å². The van der Waals surface area contributed by atoms with Gasteiger partial charge in [-0.05, 0) is 6.42 Å².